The van der Waals surface area contributed by atoms with Crippen molar-refractivity contribution in [2.45, 2.75) is 56.0 Å². The lowest BCUT2D eigenvalue weighted by Crippen LogP contribution is -2.37. The van der Waals surface area contributed by atoms with E-state index < -0.39 is 98.9 Å². The SMILES string of the molecule is CO[C@@H]1[C@H](OP(C)(=O)O)[C@@H](COP(=O)(O)OP(=O)(O)OP(=O)(O)OC[C@H]2O[C@@H](n3cc(C)c4c(=O)[nH]c(N)nc43)[C@H](O)[C@@H]2OC)O[C@H]1n1cnc2c(N)ncnc21. The molecule has 32 heteroatoms. The summed E-state index contributed by atoms with van der Waals surface area (Å²) in [5.74, 6) is -0.221. The van der Waals surface area contributed by atoms with Gasteiger partial charge in [-0.25, -0.2) is 28.6 Å². The van der Waals surface area contributed by atoms with Crippen LogP contribution in [0.4, 0.5) is 11.8 Å². The van der Waals surface area contributed by atoms with Gasteiger partial charge in [-0.1, -0.05) is 0 Å². The average Bonchev–Trinajstić information content (AvgIpc) is 3.83. The zero-order valence-corrected chi connectivity index (χ0v) is 33.4. The summed E-state index contributed by atoms with van der Waals surface area (Å²) in [5, 5.41) is 11.1. The van der Waals surface area contributed by atoms with Crippen LogP contribution in [0.25, 0.3) is 22.2 Å². The molecule has 0 saturated carbocycles. The lowest BCUT2D eigenvalue weighted by atomic mass is 10.1. The lowest BCUT2D eigenvalue weighted by Gasteiger charge is -2.25. The van der Waals surface area contributed by atoms with E-state index in [0.717, 1.165) is 13.0 Å². The Bertz CT molecular complexity index is 2390. The number of aliphatic hydroxyl groups is 1. The molecule has 316 valence electrons. The molecule has 2 saturated heterocycles. The van der Waals surface area contributed by atoms with Gasteiger partial charge in [-0.15, -0.1) is 0 Å². The van der Waals surface area contributed by atoms with E-state index in [2.05, 4.69) is 33.5 Å². The van der Waals surface area contributed by atoms with Crippen LogP contribution in [-0.2, 0) is 59.4 Å². The summed E-state index contributed by atoms with van der Waals surface area (Å²) >= 11 is 0. The Kier molecular flexibility index (Phi) is 12.3. The standard InChI is InChI=1S/C25H37N9O19P4/c1-10-5-33(20-13(10)22(36)32-25(27)31-20)23-15(35)16(45-2)11(49-23)6-47-55(39,40)52-57(43,44)53-56(41,42)48-7-12-17(51-54(4,37)38)18(46-3)24(50-12)34-9-30-14-19(26)28-8-29-21(14)34/h5,8-9,11-12,15-18,23-24,35H,6-7H2,1-4H3,(H,37,38)(H,39,40)(H,41,42)(H,43,44)(H2,26,28,29)(H3,27,31,32,36)/t11-,12-,15-,16-,17-,18-,23-,24-/m1/s1. The number of hydrogen-bond donors (Lipinski definition) is 8. The molecule has 0 spiro atoms. The molecule has 0 radical (unpaired) electrons. The smallest absolute Gasteiger partial charge is 0.386 e. The quantitative estimate of drug-likeness (QED) is 0.0675. The maximum absolute atomic E-state index is 12.8. The maximum atomic E-state index is 12.8. The summed E-state index contributed by atoms with van der Waals surface area (Å²) < 4.78 is 98.9. The number of nitrogens with one attached hydrogen (secondary N) is 1. The maximum Gasteiger partial charge on any atom is 0.490 e. The van der Waals surface area contributed by atoms with Gasteiger partial charge in [-0.3, -0.25) is 32.5 Å². The monoisotopic (exact) mass is 891 g/mol. The third kappa shape index (κ3) is 9.39. The number of aromatic amines is 1. The molecule has 2 fully saturated rings. The summed E-state index contributed by atoms with van der Waals surface area (Å²) in [6.07, 6.45) is -7.15. The predicted octanol–water partition coefficient (Wildman–Crippen LogP) is -0.209. The number of aryl methyl sites for hydroxylation is 1. The Balaban J connectivity index is 1.10. The number of phosphoric acid groups is 3. The van der Waals surface area contributed by atoms with E-state index in [1.165, 1.54) is 35.9 Å². The third-order valence-corrected chi connectivity index (χ3v) is 13.4. The third-order valence-electron chi connectivity index (χ3n) is 8.50. The highest BCUT2D eigenvalue weighted by atomic mass is 31.3. The molecular formula is C25H37N9O19P4. The Labute approximate surface area is 319 Å². The van der Waals surface area contributed by atoms with E-state index >= 15 is 0 Å². The van der Waals surface area contributed by atoms with E-state index in [0.29, 0.717) is 5.56 Å². The van der Waals surface area contributed by atoms with Gasteiger partial charge in [-0.2, -0.15) is 13.6 Å². The lowest BCUT2D eigenvalue weighted by molar-refractivity contribution is -0.0578. The normalized spacial score (nSPS) is 29.6. The van der Waals surface area contributed by atoms with Gasteiger partial charge in [0.1, 0.15) is 48.5 Å². The summed E-state index contributed by atoms with van der Waals surface area (Å²) in [5.41, 5.74) is 11.7. The minimum Gasteiger partial charge on any atom is -0.386 e. The summed E-state index contributed by atoms with van der Waals surface area (Å²) in [4.78, 5) is 71.7. The van der Waals surface area contributed by atoms with Gasteiger partial charge in [0.05, 0.1) is 24.9 Å². The molecule has 28 nitrogen and oxygen atoms in total. The number of rotatable bonds is 16. The molecule has 12 atom stereocenters. The van der Waals surface area contributed by atoms with E-state index in [4.69, 9.17) is 44.0 Å². The number of imidazole rings is 1. The number of nitrogen functional groups attached to an aromatic ring is 2. The minimum atomic E-state index is -6.01. The number of nitrogens with two attached hydrogens (primary N) is 2. The number of hydrogen-bond acceptors (Lipinski definition) is 21. The van der Waals surface area contributed by atoms with Crippen molar-refractivity contribution in [2.75, 3.05) is 45.6 Å². The van der Waals surface area contributed by atoms with Gasteiger partial charge in [0.25, 0.3) is 5.56 Å². The van der Waals surface area contributed by atoms with Gasteiger partial charge in [0, 0.05) is 27.1 Å². The van der Waals surface area contributed by atoms with Crippen LogP contribution >= 0.6 is 31.1 Å². The van der Waals surface area contributed by atoms with Gasteiger partial charge in [-0.05, 0) is 12.5 Å². The molecule has 4 aromatic heterocycles. The van der Waals surface area contributed by atoms with Crippen molar-refractivity contribution in [1.29, 1.82) is 0 Å². The number of phosphoric ester groups is 2. The van der Waals surface area contributed by atoms with Crippen molar-refractivity contribution in [2.24, 2.45) is 0 Å². The summed E-state index contributed by atoms with van der Waals surface area (Å²) in [6.45, 7) is 0.447. The molecular weight excluding hydrogens is 854 g/mol. The number of H-pyrrole nitrogens is 1. The van der Waals surface area contributed by atoms with E-state index in [9.17, 15) is 47.7 Å². The number of nitrogens with zero attached hydrogens (tertiary/aromatic N) is 6. The van der Waals surface area contributed by atoms with Gasteiger partial charge in [0.2, 0.25) is 5.95 Å². The fourth-order valence-corrected chi connectivity index (χ4v) is 10.5. The number of aliphatic hydroxyl groups excluding tert-OH is 1. The van der Waals surface area contributed by atoms with Crippen LogP contribution < -0.4 is 17.0 Å². The first-order chi connectivity index (χ1) is 26.5. The van der Waals surface area contributed by atoms with Crippen LogP contribution in [-0.4, -0.2) is 129 Å². The van der Waals surface area contributed by atoms with Crippen molar-refractivity contribution in [3.63, 3.8) is 0 Å². The predicted molar refractivity (Wildman–Crippen MR) is 189 cm³/mol. The number of anilines is 2. The summed E-state index contributed by atoms with van der Waals surface area (Å²) in [6, 6.07) is 0. The van der Waals surface area contributed by atoms with Crippen molar-refractivity contribution in [1.82, 2.24) is 34.1 Å². The molecule has 4 unspecified atom stereocenters. The number of fused-ring (bicyclic) bond motifs is 2. The number of ether oxygens (including phenoxy) is 4. The molecule has 6 heterocycles. The molecule has 4 aromatic rings. The van der Waals surface area contributed by atoms with Gasteiger partial charge >= 0.3 is 31.1 Å². The van der Waals surface area contributed by atoms with Crippen molar-refractivity contribution in [3.8, 4) is 0 Å². The molecule has 2 aliphatic heterocycles. The minimum absolute atomic E-state index is 0.0117. The van der Waals surface area contributed by atoms with Crippen LogP contribution in [0, 0.1) is 6.92 Å². The van der Waals surface area contributed by atoms with E-state index in [1.807, 2.05) is 0 Å². The van der Waals surface area contributed by atoms with Crippen LogP contribution in [0.5, 0.6) is 0 Å². The fourth-order valence-electron chi connectivity index (χ4n) is 6.31. The van der Waals surface area contributed by atoms with Crippen molar-refractivity contribution < 1.29 is 84.1 Å². The fraction of sp³-hybridized carbons (Fsp3) is 0.560. The molecule has 0 amide bonds. The average molecular weight is 892 g/mol. The van der Waals surface area contributed by atoms with Crippen LogP contribution in [0.1, 0.15) is 18.0 Å². The molecule has 10 N–H and O–H groups in total. The van der Waals surface area contributed by atoms with E-state index in [1.54, 1.807) is 6.92 Å². The molecule has 0 bridgehead atoms. The molecule has 0 aromatic carbocycles. The summed E-state index contributed by atoms with van der Waals surface area (Å²) in [7, 11) is -19.3. The van der Waals surface area contributed by atoms with Crippen LogP contribution in [0.15, 0.2) is 23.6 Å². The second kappa shape index (κ2) is 16.2. The van der Waals surface area contributed by atoms with Gasteiger partial charge < -0.3 is 59.7 Å². The first-order valence-corrected chi connectivity index (χ1v) is 22.6. The zero-order chi connectivity index (χ0) is 41.8. The molecule has 6 rings (SSSR count). The second-order valence-electron chi connectivity index (χ2n) is 12.5. The van der Waals surface area contributed by atoms with Crippen LogP contribution in [0.2, 0.25) is 0 Å². The molecule has 57 heavy (non-hydrogen) atoms. The Morgan fingerprint density at radius 2 is 1.44 bits per heavy atom. The topological polar surface area (TPSA) is 399 Å². The van der Waals surface area contributed by atoms with Gasteiger partial charge in [0.15, 0.2) is 29.6 Å². The van der Waals surface area contributed by atoms with Crippen molar-refractivity contribution >= 4 is 65.0 Å². The number of aromatic nitrogens is 7. The Morgan fingerprint density at radius 3 is 2.04 bits per heavy atom. The van der Waals surface area contributed by atoms with E-state index in [-0.39, 0.29) is 34.0 Å². The van der Waals surface area contributed by atoms with Crippen molar-refractivity contribution in [3.05, 3.63) is 34.8 Å². The number of methoxy groups -OCH3 is 2. The largest absolute Gasteiger partial charge is 0.490 e. The highest BCUT2D eigenvalue weighted by Gasteiger charge is 2.52. The molecule has 2 aliphatic rings. The van der Waals surface area contributed by atoms with Crippen LogP contribution in [0.3, 0.4) is 0 Å². The molecule has 0 aliphatic carbocycles. The Hall–Kier alpha value is -3.07. The first kappa shape index (κ1) is 43.5. The Morgan fingerprint density at radius 1 is 0.842 bits per heavy atom. The zero-order valence-electron chi connectivity index (χ0n) is 29.8. The first-order valence-electron chi connectivity index (χ1n) is 16.1. The highest BCUT2D eigenvalue weighted by Crippen LogP contribution is 2.68. The second-order valence-corrected chi connectivity index (χ2v) is 19.0. The highest BCUT2D eigenvalue weighted by molar-refractivity contribution is 7.66.